The second-order valence-corrected chi connectivity index (χ2v) is 5.48. The maximum atomic E-state index is 11.9. The van der Waals surface area contributed by atoms with Crippen LogP contribution in [0, 0.1) is 0 Å². The lowest BCUT2D eigenvalue weighted by molar-refractivity contribution is 0.583. The highest BCUT2D eigenvalue weighted by atomic mass is 32.2. The first-order valence-corrected chi connectivity index (χ1v) is 7.22. The third-order valence-electron chi connectivity index (χ3n) is 2.32. The molecular weight excluding hydrogens is 264 g/mol. The van der Waals surface area contributed by atoms with E-state index in [2.05, 4.69) is 20.0 Å². The summed E-state index contributed by atoms with van der Waals surface area (Å²) in [5, 5.41) is 2.92. The van der Waals surface area contributed by atoms with E-state index in [1.54, 1.807) is 48.8 Å². The van der Waals surface area contributed by atoms with Gasteiger partial charge in [0.05, 0.1) is 4.90 Å². The molecule has 0 amide bonds. The van der Waals surface area contributed by atoms with Crippen LogP contribution in [0.4, 0.5) is 5.95 Å². The van der Waals surface area contributed by atoms with Crippen molar-refractivity contribution in [1.29, 1.82) is 0 Å². The van der Waals surface area contributed by atoms with Crippen LogP contribution in [-0.2, 0) is 10.0 Å². The van der Waals surface area contributed by atoms with Gasteiger partial charge in [-0.2, -0.15) is 0 Å². The van der Waals surface area contributed by atoms with Crippen LogP contribution in [0.1, 0.15) is 0 Å². The molecule has 1 aromatic carbocycles. The number of aromatic nitrogens is 2. The van der Waals surface area contributed by atoms with E-state index in [4.69, 9.17) is 0 Å². The molecule has 0 radical (unpaired) electrons. The van der Waals surface area contributed by atoms with Crippen molar-refractivity contribution < 1.29 is 8.42 Å². The van der Waals surface area contributed by atoms with Gasteiger partial charge < -0.3 is 5.32 Å². The number of hydrogen-bond donors (Lipinski definition) is 2. The molecule has 0 aliphatic heterocycles. The zero-order chi connectivity index (χ0) is 13.6. The number of sulfonamides is 1. The first kappa shape index (κ1) is 13.4. The molecule has 0 unspecified atom stereocenters. The summed E-state index contributed by atoms with van der Waals surface area (Å²) < 4.78 is 26.2. The Morgan fingerprint density at radius 3 is 2.32 bits per heavy atom. The fraction of sp³-hybridized carbons (Fsp3) is 0.167. The average molecular weight is 278 g/mol. The molecule has 0 aliphatic rings. The van der Waals surface area contributed by atoms with Crippen molar-refractivity contribution in [3.63, 3.8) is 0 Å². The molecule has 2 rings (SSSR count). The molecule has 0 aliphatic carbocycles. The molecule has 0 spiro atoms. The van der Waals surface area contributed by atoms with E-state index >= 15 is 0 Å². The zero-order valence-corrected chi connectivity index (χ0v) is 11.0. The van der Waals surface area contributed by atoms with Crippen LogP contribution in [0.25, 0.3) is 0 Å². The largest absolute Gasteiger partial charge is 0.353 e. The van der Waals surface area contributed by atoms with E-state index in [9.17, 15) is 8.42 Å². The van der Waals surface area contributed by atoms with Crippen LogP contribution in [0.5, 0.6) is 0 Å². The number of nitrogens with zero attached hydrogens (tertiary/aromatic N) is 2. The Morgan fingerprint density at radius 1 is 0.947 bits per heavy atom. The van der Waals surface area contributed by atoms with E-state index < -0.39 is 10.0 Å². The standard InChI is InChI=1S/C12H14N4O2S/c17-19(18,11-5-2-1-3-6-11)16-10-9-15-12-13-7-4-8-14-12/h1-8,16H,9-10H2,(H,13,14,15). The SMILES string of the molecule is O=S(=O)(NCCNc1ncccn1)c1ccccc1. The van der Waals surface area contributed by atoms with Gasteiger partial charge in [-0.25, -0.2) is 23.1 Å². The Bertz CT molecular complexity index is 602. The van der Waals surface area contributed by atoms with Crippen LogP contribution in [-0.4, -0.2) is 31.5 Å². The first-order chi connectivity index (χ1) is 9.18. The number of nitrogens with one attached hydrogen (secondary N) is 2. The first-order valence-electron chi connectivity index (χ1n) is 5.74. The van der Waals surface area contributed by atoms with Crippen molar-refractivity contribution in [3.8, 4) is 0 Å². The maximum Gasteiger partial charge on any atom is 0.240 e. The van der Waals surface area contributed by atoms with Gasteiger partial charge in [0.25, 0.3) is 0 Å². The van der Waals surface area contributed by atoms with Gasteiger partial charge in [0.2, 0.25) is 16.0 Å². The molecule has 0 saturated carbocycles. The third-order valence-corrected chi connectivity index (χ3v) is 3.80. The summed E-state index contributed by atoms with van der Waals surface area (Å²) >= 11 is 0. The molecule has 19 heavy (non-hydrogen) atoms. The molecule has 7 heteroatoms. The van der Waals surface area contributed by atoms with Crippen molar-refractivity contribution in [2.45, 2.75) is 4.90 Å². The highest BCUT2D eigenvalue weighted by Crippen LogP contribution is 2.06. The molecular formula is C12H14N4O2S. The van der Waals surface area contributed by atoms with E-state index in [0.29, 0.717) is 12.5 Å². The summed E-state index contributed by atoms with van der Waals surface area (Å²) in [6, 6.07) is 9.96. The third kappa shape index (κ3) is 4.01. The molecule has 0 fully saturated rings. The van der Waals surface area contributed by atoms with Gasteiger partial charge in [-0.3, -0.25) is 0 Å². The summed E-state index contributed by atoms with van der Waals surface area (Å²) in [5.74, 6) is 0.474. The molecule has 0 atom stereocenters. The van der Waals surface area contributed by atoms with Gasteiger partial charge in [0.1, 0.15) is 0 Å². The second-order valence-electron chi connectivity index (χ2n) is 3.71. The Labute approximate surface area is 112 Å². The van der Waals surface area contributed by atoms with Gasteiger partial charge in [-0.05, 0) is 18.2 Å². The van der Waals surface area contributed by atoms with Crippen LogP contribution in [0.15, 0.2) is 53.7 Å². The Kier molecular flexibility index (Phi) is 4.43. The minimum atomic E-state index is -3.45. The zero-order valence-electron chi connectivity index (χ0n) is 10.2. The Balaban J connectivity index is 1.83. The van der Waals surface area contributed by atoms with Crippen molar-refractivity contribution >= 4 is 16.0 Å². The van der Waals surface area contributed by atoms with E-state index in [0.717, 1.165) is 0 Å². The monoisotopic (exact) mass is 278 g/mol. The van der Waals surface area contributed by atoms with Crippen molar-refractivity contribution in [2.75, 3.05) is 18.4 Å². The molecule has 0 bridgehead atoms. The second kappa shape index (κ2) is 6.26. The van der Waals surface area contributed by atoms with Crippen molar-refractivity contribution in [3.05, 3.63) is 48.8 Å². The lowest BCUT2D eigenvalue weighted by Gasteiger charge is -2.07. The predicted molar refractivity (Wildman–Crippen MR) is 72.2 cm³/mol. The molecule has 2 N–H and O–H groups in total. The van der Waals surface area contributed by atoms with Crippen molar-refractivity contribution in [2.24, 2.45) is 0 Å². The van der Waals surface area contributed by atoms with E-state index in [1.165, 1.54) is 0 Å². The number of rotatable bonds is 6. The minimum Gasteiger partial charge on any atom is -0.353 e. The van der Waals surface area contributed by atoms with E-state index in [1.807, 2.05) is 0 Å². The summed E-state index contributed by atoms with van der Waals surface area (Å²) in [4.78, 5) is 8.20. The molecule has 1 heterocycles. The highest BCUT2D eigenvalue weighted by molar-refractivity contribution is 7.89. The molecule has 6 nitrogen and oxygen atoms in total. The lowest BCUT2D eigenvalue weighted by Crippen LogP contribution is -2.29. The Hall–Kier alpha value is -1.99. The van der Waals surface area contributed by atoms with Crippen molar-refractivity contribution in [1.82, 2.24) is 14.7 Å². The molecule has 0 saturated heterocycles. The fourth-order valence-corrected chi connectivity index (χ4v) is 2.49. The summed E-state index contributed by atoms with van der Waals surface area (Å²) in [6.07, 6.45) is 3.23. The van der Waals surface area contributed by atoms with Crippen LogP contribution in [0.2, 0.25) is 0 Å². The number of benzene rings is 1. The molecule has 1 aromatic heterocycles. The fourth-order valence-electron chi connectivity index (χ4n) is 1.43. The maximum absolute atomic E-state index is 11.9. The van der Waals surface area contributed by atoms with Gasteiger partial charge in [0.15, 0.2) is 0 Å². The topological polar surface area (TPSA) is 84.0 Å². The van der Waals surface area contributed by atoms with E-state index in [-0.39, 0.29) is 11.4 Å². The summed E-state index contributed by atoms with van der Waals surface area (Å²) in [5.41, 5.74) is 0. The average Bonchev–Trinajstić information content (AvgIpc) is 2.46. The van der Waals surface area contributed by atoms with Gasteiger partial charge in [-0.1, -0.05) is 18.2 Å². The highest BCUT2D eigenvalue weighted by Gasteiger charge is 2.11. The normalized spacial score (nSPS) is 11.2. The minimum absolute atomic E-state index is 0.256. The van der Waals surface area contributed by atoms with Crippen LogP contribution in [0.3, 0.4) is 0 Å². The molecule has 100 valence electrons. The number of anilines is 1. The smallest absolute Gasteiger partial charge is 0.240 e. The van der Waals surface area contributed by atoms with Crippen LogP contribution < -0.4 is 10.0 Å². The lowest BCUT2D eigenvalue weighted by atomic mass is 10.4. The number of hydrogen-bond acceptors (Lipinski definition) is 5. The predicted octanol–water partition coefficient (Wildman–Crippen LogP) is 0.867. The molecule has 2 aromatic rings. The van der Waals surface area contributed by atoms with Gasteiger partial charge >= 0.3 is 0 Å². The van der Waals surface area contributed by atoms with Crippen LogP contribution >= 0.6 is 0 Å². The quantitative estimate of drug-likeness (QED) is 0.766. The van der Waals surface area contributed by atoms with Gasteiger partial charge in [0, 0.05) is 25.5 Å². The summed E-state index contributed by atoms with van der Waals surface area (Å²) in [6.45, 7) is 0.672. The Morgan fingerprint density at radius 2 is 1.63 bits per heavy atom. The summed E-state index contributed by atoms with van der Waals surface area (Å²) in [7, 11) is -3.45. The van der Waals surface area contributed by atoms with Gasteiger partial charge in [-0.15, -0.1) is 0 Å².